The van der Waals surface area contributed by atoms with Crippen LogP contribution in [-0.2, 0) is 19.8 Å². The molecule has 1 aromatic carbocycles. The second-order valence-corrected chi connectivity index (χ2v) is 12.1. The maximum absolute atomic E-state index is 15.5. The second-order valence-electron chi connectivity index (χ2n) is 10.6. The Labute approximate surface area is 241 Å². The summed E-state index contributed by atoms with van der Waals surface area (Å²) in [7, 11) is 0. The van der Waals surface area contributed by atoms with Crippen LogP contribution in [0.4, 0.5) is 8.78 Å². The molecule has 0 unspecified atom stereocenters. The van der Waals surface area contributed by atoms with Gasteiger partial charge in [0.2, 0.25) is 11.8 Å². The third-order valence-corrected chi connectivity index (χ3v) is 9.27. The first-order valence-corrected chi connectivity index (χ1v) is 14.0. The lowest BCUT2D eigenvalue weighted by Gasteiger charge is -2.52. The first kappa shape index (κ1) is 29.0. The number of nitrogens with zero attached hydrogens (tertiary/aromatic N) is 4. The van der Waals surface area contributed by atoms with Gasteiger partial charge < -0.3 is 24.8 Å². The smallest absolute Gasteiger partial charge is 0.240 e. The number of terminal acetylenes is 1. The molecule has 3 atom stereocenters. The van der Waals surface area contributed by atoms with E-state index in [1.165, 1.54) is 48.4 Å². The van der Waals surface area contributed by atoms with E-state index in [0.717, 1.165) is 0 Å². The summed E-state index contributed by atoms with van der Waals surface area (Å²) in [6.07, 6.45) is 8.88. The Bertz CT molecular complexity index is 1410. The van der Waals surface area contributed by atoms with E-state index in [-0.39, 0.29) is 46.9 Å². The minimum Gasteiger partial charge on any atom is -0.463 e. The highest BCUT2D eigenvalue weighted by Gasteiger charge is 2.57. The topological polar surface area (TPSA) is 112 Å². The highest BCUT2D eigenvalue weighted by atomic mass is 32.2. The number of carbonyl (C=O) groups is 1. The summed E-state index contributed by atoms with van der Waals surface area (Å²) in [6.45, 7) is 7.01. The van der Waals surface area contributed by atoms with Crippen molar-refractivity contribution in [2.75, 3.05) is 33.0 Å². The van der Waals surface area contributed by atoms with Gasteiger partial charge in [-0.1, -0.05) is 30.7 Å². The Kier molecular flexibility index (Phi) is 8.05. The molecule has 216 valence electrons. The molecule has 5 rings (SSSR count). The van der Waals surface area contributed by atoms with Crippen LogP contribution in [-0.4, -0.2) is 75.8 Å². The summed E-state index contributed by atoms with van der Waals surface area (Å²) >= 11 is 1.18. The number of amidine groups is 1. The average Bonchev–Trinajstić information content (AvgIpc) is 2.95. The number of morpholine rings is 2. The van der Waals surface area contributed by atoms with Crippen molar-refractivity contribution in [3.05, 3.63) is 53.2 Å². The molecule has 2 bridgehead atoms. The number of hydrogen-bond acceptors (Lipinski definition) is 9. The van der Waals surface area contributed by atoms with E-state index < -0.39 is 27.8 Å². The fourth-order valence-electron chi connectivity index (χ4n) is 5.57. The second kappa shape index (κ2) is 11.4. The predicted molar refractivity (Wildman–Crippen MR) is 152 cm³/mol. The van der Waals surface area contributed by atoms with Crippen LogP contribution in [0, 0.1) is 24.1 Å². The van der Waals surface area contributed by atoms with Crippen molar-refractivity contribution in [3.63, 3.8) is 0 Å². The Morgan fingerprint density at radius 2 is 1.93 bits per heavy atom. The zero-order chi connectivity index (χ0) is 29.4. The Hall–Kier alpha value is -3.53. The number of carbonyl (C=O) groups excluding carboxylic acids is 1. The third-order valence-electron chi connectivity index (χ3n) is 8.02. The first-order chi connectivity index (χ1) is 19.6. The number of fused-ring (bicyclic) bond motifs is 2. The first-order valence-electron chi connectivity index (χ1n) is 13.1. The molecule has 1 amide bonds. The zero-order valence-corrected chi connectivity index (χ0v) is 23.8. The molecule has 0 aliphatic carbocycles. The predicted octanol–water partition coefficient (Wildman–Crippen LogP) is 3.39. The van der Waals surface area contributed by atoms with E-state index in [0.29, 0.717) is 32.0 Å². The van der Waals surface area contributed by atoms with Crippen molar-refractivity contribution in [1.82, 2.24) is 14.9 Å². The highest BCUT2D eigenvalue weighted by molar-refractivity contribution is 8.15. The number of amides is 1. The molecule has 4 heterocycles. The number of benzene rings is 1. The van der Waals surface area contributed by atoms with Crippen molar-refractivity contribution in [3.8, 4) is 18.2 Å². The molecule has 2 N–H and O–H groups in total. The van der Waals surface area contributed by atoms with Gasteiger partial charge in [0.25, 0.3) is 0 Å². The number of thioether (sulfide) groups is 1. The van der Waals surface area contributed by atoms with E-state index in [2.05, 4.69) is 20.9 Å². The Morgan fingerprint density at radius 3 is 2.54 bits per heavy atom. The summed E-state index contributed by atoms with van der Waals surface area (Å²) < 4.78 is 46.1. The SMILES string of the molecule is C#CCOc1cnc(/C(F)=C/c2ccc(F)c([C@@]3(C)N=C(N)S[C@](C)(C(=O)N4[C@H]5COC[C@@H]4COC5)[C@H]3C)c2)cn1. The van der Waals surface area contributed by atoms with Gasteiger partial charge in [0.1, 0.15) is 16.3 Å². The quantitative estimate of drug-likeness (QED) is 0.516. The van der Waals surface area contributed by atoms with Gasteiger partial charge in [-0.2, -0.15) is 0 Å². The lowest BCUT2D eigenvalue weighted by atomic mass is 9.72. The monoisotopic (exact) mass is 583 g/mol. The van der Waals surface area contributed by atoms with Crippen molar-refractivity contribution < 1.29 is 27.8 Å². The molecular formula is C29H31F2N5O4S. The van der Waals surface area contributed by atoms with E-state index in [4.69, 9.17) is 26.4 Å². The van der Waals surface area contributed by atoms with Gasteiger partial charge in [-0.15, -0.1) is 6.42 Å². The van der Waals surface area contributed by atoms with Gasteiger partial charge in [-0.05, 0) is 37.6 Å². The van der Waals surface area contributed by atoms with Gasteiger partial charge in [-0.3, -0.25) is 9.79 Å². The minimum absolute atomic E-state index is 0.0140. The number of ether oxygens (including phenoxy) is 3. The van der Waals surface area contributed by atoms with Crippen molar-refractivity contribution in [2.24, 2.45) is 16.6 Å². The fraction of sp³-hybridized carbons (Fsp3) is 0.448. The van der Waals surface area contributed by atoms with Crippen LogP contribution >= 0.6 is 11.8 Å². The number of nitrogens with two attached hydrogens (primary N) is 1. The zero-order valence-electron chi connectivity index (χ0n) is 23.0. The number of halogens is 2. The normalized spacial score (nSPS) is 29.9. The number of aromatic nitrogens is 2. The van der Waals surface area contributed by atoms with E-state index in [1.54, 1.807) is 6.92 Å². The van der Waals surface area contributed by atoms with Gasteiger partial charge in [0, 0.05) is 11.5 Å². The molecule has 2 saturated heterocycles. The van der Waals surface area contributed by atoms with Gasteiger partial charge in [0.15, 0.2) is 17.6 Å². The summed E-state index contributed by atoms with van der Waals surface area (Å²) in [6, 6.07) is 3.82. The number of aliphatic imine (C=N–C) groups is 1. The van der Waals surface area contributed by atoms with Crippen molar-refractivity contribution >= 4 is 34.7 Å². The van der Waals surface area contributed by atoms with Crippen LogP contribution in [0.1, 0.15) is 37.6 Å². The van der Waals surface area contributed by atoms with E-state index in [1.807, 2.05) is 18.7 Å². The molecule has 3 aliphatic rings. The Morgan fingerprint density at radius 1 is 1.24 bits per heavy atom. The maximum atomic E-state index is 15.5. The van der Waals surface area contributed by atoms with Crippen LogP contribution in [0.5, 0.6) is 5.88 Å². The third kappa shape index (κ3) is 5.41. The molecule has 1 aromatic heterocycles. The number of rotatable bonds is 6. The van der Waals surface area contributed by atoms with Gasteiger partial charge in [0.05, 0.1) is 56.4 Å². The standard InChI is InChI=1S/C29H31F2N5O4S/c1-5-8-40-25-12-33-24(11-34-25)23(31)10-18-6-7-22(30)21(9-18)28(3)17(2)29(4,41-27(32)35-28)26(37)36-19-13-38-15-20(36)16-39-14-19/h1,6-7,9-12,17,19-20H,8,13-16H2,2-4H3,(H2,32,35)/b23-10-/t17-,19-,20+,28-,29-/m0/s1. The fourth-order valence-corrected chi connectivity index (χ4v) is 6.84. The summed E-state index contributed by atoms with van der Waals surface area (Å²) in [5, 5.41) is 0.171. The largest absolute Gasteiger partial charge is 0.463 e. The molecular weight excluding hydrogens is 552 g/mol. The molecule has 0 spiro atoms. The van der Waals surface area contributed by atoms with E-state index >= 15 is 8.78 Å². The van der Waals surface area contributed by atoms with Crippen LogP contribution in [0.3, 0.4) is 0 Å². The summed E-state index contributed by atoms with van der Waals surface area (Å²) in [5.41, 5.74) is 5.64. The van der Waals surface area contributed by atoms with E-state index in [9.17, 15) is 4.79 Å². The molecule has 0 saturated carbocycles. The van der Waals surface area contributed by atoms with Crippen LogP contribution in [0.2, 0.25) is 0 Å². The summed E-state index contributed by atoms with van der Waals surface area (Å²) in [5.74, 6) is 0.651. The van der Waals surface area contributed by atoms with Crippen molar-refractivity contribution in [1.29, 1.82) is 0 Å². The van der Waals surface area contributed by atoms with Crippen LogP contribution < -0.4 is 10.5 Å². The number of hydrogen-bond donors (Lipinski definition) is 1. The van der Waals surface area contributed by atoms with Crippen LogP contribution in [0.25, 0.3) is 11.9 Å². The van der Waals surface area contributed by atoms with Gasteiger partial charge in [-0.25, -0.2) is 18.7 Å². The Balaban J connectivity index is 1.46. The molecule has 3 aliphatic heterocycles. The summed E-state index contributed by atoms with van der Waals surface area (Å²) in [4.78, 5) is 28.7. The molecule has 41 heavy (non-hydrogen) atoms. The maximum Gasteiger partial charge on any atom is 0.240 e. The minimum atomic E-state index is -1.22. The molecule has 9 nitrogen and oxygen atoms in total. The molecule has 2 fully saturated rings. The molecule has 12 heteroatoms. The van der Waals surface area contributed by atoms with Crippen molar-refractivity contribution in [2.45, 2.75) is 43.1 Å². The highest BCUT2D eigenvalue weighted by Crippen LogP contribution is 2.51. The average molecular weight is 584 g/mol. The van der Waals surface area contributed by atoms with Crippen LogP contribution in [0.15, 0.2) is 35.6 Å². The van der Waals surface area contributed by atoms with Gasteiger partial charge >= 0.3 is 0 Å². The molecule has 2 aromatic rings. The lowest BCUT2D eigenvalue weighted by Crippen LogP contribution is -2.67. The lowest BCUT2D eigenvalue weighted by molar-refractivity contribution is -0.171. The molecule has 0 radical (unpaired) electrons.